The second-order valence-corrected chi connectivity index (χ2v) is 3.76. The molecule has 0 aromatic carbocycles. The third kappa shape index (κ3) is 3.77. The van der Waals surface area contributed by atoms with Crippen LogP contribution in [-0.4, -0.2) is 54.9 Å². The van der Waals surface area contributed by atoms with E-state index in [9.17, 15) is 4.79 Å². The molecule has 1 fully saturated rings. The van der Waals surface area contributed by atoms with Crippen molar-refractivity contribution in [3.05, 3.63) is 0 Å². The lowest BCUT2D eigenvalue weighted by Gasteiger charge is -2.34. The molecule has 15 heavy (non-hydrogen) atoms. The van der Waals surface area contributed by atoms with Gasteiger partial charge in [0, 0.05) is 13.1 Å². The summed E-state index contributed by atoms with van der Waals surface area (Å²) in [4.78, 5) is 13.4. The van der Waals surface area contributed by atoms with Gasteiger partial charge in [-0.1, -0.05) is 0 Å². The minimum Gasteiger partial charge on any atom is -0.394 e. The highest BCUT2D eigenvalue weighted by Crippen LogP contribution is 2.16. The van der Waals surface area contributed by atoms with E-state index in [2.05, 4.69) is 0 Å². The number of hydrogen-bond donors (Lipinski definition) is 2. The summed E-state index contributed by atoms with van der Waals surface area (Å²) in [5, 5.41) is 9.13. The molecular weight excluding hydrogens is 196 g/mol. The summed E-state index contributed by atoms with van der Waals surface area (Å²) in [6, 6.07) is -0.0206. The number of ether oxygens (including phenoxy) is 1. The van der Waals surface area contributed by atoms with E-state index in [1.54, 1.807) is 4.90 Å². The summed E-state index contributed by atoms with van der Waals surface area (Å²) in [5.41, 5.74) is 5.26. The Morgan fingerprint density at radius 1 is 1.53 bits per heavy atom. The molecule has 1 heterocycles. The quantitative estimate of drug-likeness (QED) is 0.598. The van der Waals surface area contributed by atoms with Gasteiger partial charge in [0.2, 0.25) is 5.91 Å². The molecule has 0 bridgehead atoms. The molecule has 88 valence electrons. The molecule has 5 nitrogen and oxygen atoms in total. The van der Waals surface area contributed by atoms with Crippen molar-refractivity contribution in [3.8, 4) is 0 Å². The third-order valence-corrected chi connectivity index (χ3v) is 2.65. The average Bonchev–Trinajstić information content (AvgIpc) is 2.29. The van der Waals surface area contributed by atoms with Crippen LogP contribution >= 0.6 is 0 Å². The molecule has 1 aliphatic heterocycles. The Kier molecular flexibility index (Phi) is 5.60. The Hall–Kier alpha value is -0.650. The fraction of sp³-hybridized carbons (Fsp3) is 0.900. The lowest BCUT2D eigenvalue weighted by molar-refractivity contribution is -0.140. The fourth-order valence-electron chi connectivity index (χ4n) is 1.84. The molecule has 0 radical (unpaired) electrons. The first-order chi connectivity index (χ1) is 7.29. The van der Waals surface area contributed by atoms with Gasteiger partial charge in [0.15, 0.2) is 0 Å². The summed E-state index contributed by atoms with van der Waals surface area (Å²) in [6.45, 7) is 1.69. The van der Waals surface area contributed by atoms with E-state index in [1.165, 1.54) is 0 Å². The molecule has 1 atom stereocenters. The fourth-order valence-corrected chi connectivity index (χ4v) is 1.84. The first kappa shape index (κ1) is 12.4. The Bertz CT molecular complexity index is 199. The Balaban J connectivity index is 2.34. The number of rotatable bonds is 5. The van der Waals surface area contributed by atoms with E-state index in [4.69, 9.17) is 15.6 Å². The summed E-state index contributed by atoms with van der Waals surface area (Å²) < 4.78 is 5.09. The van der Waals surface area contributed by atoms with Crippen LogP contribution in [0.1, 0.15) is 19.3 Å². The lowest BCUT2D eigenvalue weighted by Crippen LogP contribution is -2.47. The molecule has 1 aliphatic rings. The molecule has 1 rings (SSSR count). The van der Waals surface area contributed by atoms with Gasteiger partial charge in [-0.3, -0.25) is 4.79 Å². The maximum atomic E-state index is 11.7. The molecule has 0 aromatic heterocycles. The van der Waals surface area contributed by atoms with Crippen molar-refractivity contribution in [2.24, 2.45) is 5.73 Å². The van der Waals surface area contributed by atoms with Crippen molar-refractivity contribution in [2.45, 2.75) is 25.3 Å². The molecule has 3 N–H and O–H groups in total. The van der Waals surface area contributed by atoms with Crippen LogP contribution in [-0.2, 0) is 9.53 Å². The van der Waals surface area contributed by atoms with E-state index >= 15 is 0 Å². The van der Waals surface area contributed by atoms with E-state index in [-0.39, 0.29) is 25.2 Å². The molecule has 5 heteroatoms. The maximum Gasteiger partial charge on any atom is 0.248 e. The predicted octanol–water partition coefficient (Wildman–Crippen LogP) is -0.665. The van der Waals surface area contributed by atoms with Crippen LogP contribution in [0.25, 0.3) is 0 Å². The maximum absolute atomic E-state index is 11.7. The van der Waals surface area contributed by atoms with Gasteiger partial charge in [-0.05, 0) is 19.3 Å². The third-order valence-electron chi connectivity index (χ3n) is 2.65. The lowest BCUT2D eigenvalue weighted by atomic mass is 10.0. The van der Waals surface area contributed by atoms with Gasteiger partial charge in [-0.15, -0.1) is 0 Å². The minimum atomic E-state index is -0.0396. The van der Waals surface area contributed by atoms with Crippen LogP contribution in [0.3, 0.4) is 0 Å². The highest BCUT2D eigenvalue weighted by Gasteiger charge is 2.25. The smallest absolute Gasteiger partial charge is 0.248 e. The number of nitrogens with zero attached hydrogens (tertiary/aromatic N) is 1. The van der Waals surface area contributed by atoms with Gasteiger partial charge in [-0.25, -0.2) is 0 Å². The normalized spacial score (nSPS) is 21.7. The zero-order valence-corrected chi connectivity index (χ0v) is 9.02. The SMILES string of the molecule is NCCOCC(=O)N1CCCCC1CO. The van der Waals surface area contributed by atoms with Crippen molar-refractivity contribution in [2.75, 3.05) is 32.9 Å². The van der Waals surface area contributed by atoms with Gasteiger partial charge >= 0.3 is 0 Å². The van der Waals surface area contributed by atoms with E-state index < -0.39 is 0 Å². The van der Waals surface area contributed by atoms with Crippen LogP contribution in [0, 0.1) is 0 Å². The number of carbonyl (C=O) groups is 1. The number of nitrogens with two attached hydrogens (primary N) is 1. The Morgan fingerprint density at radius 3 is 3.00 bits per heavy atom. The van der Waals surface area contributed by atoms with Gasteiger partial charge < -0.3 is 20.5 Å². The van der Waals surface area contributed by atoms with Gasteiger partial charge in [-0.2, -0.15) is 0 Å². The first-order valence-electron chi connectivity index (χ1n) is 5.47. The molecule has 0 spiro atoms. The number of amides is 1. The molecule has 0 aromatic rings. The van der Waals surface area contributed by atoms with Crippen LogP contribution in [0.15, 0.2) is 0 Å². The van der Waals surface area contributed by atoms with Crippen LogP contribution in [0.2, 0.25) is 0 Å². The summed E-state index contributed by atoms with van der Waals surface area (Å²) in [7, 11) is 0. The standard InChI is InChI=1S/C10H20N2O3/c11-4-6-15-8-10(14)12-5-2-1-3-9(12)7-13/h9,13H,1-8,11H2. The van der Waals surface area contributed by atoms with Crippen molar-refractivity contribution in [1.82, 2.24) is 4.90 Å². The Morgan fingerprint density at radius 2 is 2.33 bits per heavy atom. The highest BCUT2D eigenvalue weighted by atomic mass is 16.5. The number of piperidine rings is 1. The van der Waals surface area contributed by atoms with Gasteiger partial charge in [0.1, 0.15) is 6.61 Å². The molecule has 1 unspecified atom stereocenters. The van der Waals surface area contributed by atoms with Gasteiger partial charge in [0.25, 0.3) is 0 Å². The van der Waals surface area contributed by atoms with Crippen molar-refractivity contribution in [3.63, 3.8) is 0 Å². The number of aliphatic hydroxyl groups is 1. The molecule has 1 saturated heterocycles. The number of aliphatic hydroxyl groups excluding tert-OH is 1. The first-order valence-corrected chi connectivity index (χ1v) is 5.47. The average molecular weight is 216 g/mol. The molecule has 0 aliphatic carbocycles. The minimum absolute atomic E-state index is 0.0206. The van der Waals surface area contributed by atoms with Crippen molar-refractivity contribution >= 4 is 5.91 Å². The zero-order valence-electron chi connectivity index (χ0n) is 9.02. The second kappa shape index (κ2) is 6.76. The van der Waals surface area contributed by atoms with E-state index in [1.807, 2.05) is 0 Å². The number of carbonyl (C=O) groups excluding carboxylic acids is 1. The predicted molar refractivity (Wildman–Crippen MR) is 56.3 cm³/mol. The largest absolute Gasteiger partial charge is 0.394 e. The van der Waals surface area contributed by atoms with E-state index in [0.29, 0.717) is 13.2 Å². The Labute approximate surface area is 90.2 Å². The highest BCUT2D eigenvalue weighted by molar-refractivity contribution is 5.77. The van der Waals surface area contributed by atoms with E-state index in [0.717, 1.165) is 25.8 Å². The summed E-state index contributed by atoms with van der Waals surface area (Å²) in [5.74, 6) is -0.0396. The van der Waals surface area contributed by atoms with Crippen LogP contribution < -0.4 is 5.73 Å². The molecule has 1 amide bonds. The van der Waals surface area contributed by atoms with Crippen LogP contribution in [0.4, 0.5) is 0 Å². The van der Waals surface area contributed by atoms with Crippen molar-refractivity contribution < 1.29 is 14.6 Å². The number of likely N-dealkylation sites (tertiary alicyclic amines) is 1. The van der Waals surface area contributed by atoms with Crippen molar-refractivity contribution in [1.29, 1.82) is 0 Å². The van der Waals surface area contributed by atoms with Crippen LogP contribution in [0.5, 0.6) is 0 Å². The molecule has 0 saturated carbocycles. The zero-order chi connectivity index (χ0) is 11.1. The summed E-state index contributed by atoms with van der Waals surface area (Å²) >= 11 is 0. The summed E-state index contributed by atoms with van der Waals surface area (Å²) in [6.07, 6.45) is 2.98. The van der Waals surface area contributed by atoms with Gasteiger partial charge in [0.05, 0.1) is 19.3 Å². The second-order valence-electron chi connectivity index (χ2n) is 3.76. The monoisotopic (exact) mass is 216 g/mol. The molecular formula is C10H20N2O3. The number of hydrogen-bond acceptors (Lipinski definition) is 4. The topological polar surface area (TPSA) is 75.8 Å².